The monoisotopic (exact) mass is 274 g/mol. The molecule has 2 atom stereocenters. The second kappa shape index (κ2) is 8.00. The van der Waals surface area contributed by atoms with Crippen LogP contribution in [-0.2, 0) is 4.79 Å². The molecule has 2 aliphatic heterocycles. The molecule has 2 unspecified atom stereocenters. The third-order valence-corrected chi connectivity index (χ3v) is 4.15. The van der Waals surface area contributed by atoms with E-state index in [0.29, 0.717) is 11.9 Å². The Labute approximate surface area is 117 Å². The Morgan fingerprint density at radius 1 is 1.33 bits per heavy atom. The molecule has 0 aromatic heterocycles. The smallest absolute Gasteiger partial charge is 0.224 e. The van der Waals surface area contributed by atoms with E-state index in [9.17, 15) is 4.79 Å². The second-order valence-electron chi connectivity index (χ2n) is 5.63. The van der Waals surface area contributed by atoms with Gasteiger partial charge in [-0.25, -0.2) is 0 Å². The number of amides is 1. The van der Waals surface area contributed by atoms with Crippen LogP contribution in [0.1, 0.15) is 51.9 Å². The van der Waals surface area contributed by atoms with E-state index in [2.05, 4.69) is 17.1 Å². The van der Waals surface area contributed by atoms with Crippen LogP contribution in [0.3, 0.4) is 0 Å². The Hall–Kier alpha value is -0.280. The van der Waals surface area contributed by atoms with Crippen molar-refractivity contribution in [3.8, 4) is 0 Å². The number of rotatable bonds is 4. The topological polar surface area (TPSA) is 32.3 Å². The lowest BCUT2D eigenvalue weighted by Gasteiger charge is -2.33. The normalized spacial score (nSPS) is 27.9. The molecule has 3 nitrogen and oxygen atoms in total. The van der Waals surface area contributed by atoms with Crippen molar-refractivity contribution in [1.82, 2.24) is 10.2 Å². The van der Waals surface area contributed by atoms with Crippen molar-refractivity contribution in [1.29, 1.82) is 0 Å². The molecular formula is C14H27ClN2O. The molecule has 0 saturated carbocycles. The average molecular weight is 275 g/mol. The van der Waals surface area contributed by atoms with Crippen molar-refractivity contribution < 1.29 is 4.79 Å². The molecule has 2 saturated heterocycles. The number of carbonyl (C=O) groups excluding carboxylic acids is 1. The second-order valence-corrected chi connectivity index (χ2v) is 5.63. The van der Waals surface area contributed by atoms with E-state index in [-0.39, 0.29) is 12.4 Å². The summed E-state index contributed by atoms with van der Waals surface area (Å²) in [5, 5.41) is 3.42. The number of hydrogen-bond acceptors (Lipinski definition) is 2. The van der Waals surface area contributed by atoms with Gasteiger partial charge in [0.25, 0.3) is 0 Å². The molecule has 0 aromatic carbocycles. The first-order chi connectivity index (χ1) is 8.29. The molecule has 106 valence electrons. The fourth-order valence-corrected chi connectivity index (χ4v) is 3.21. The summed E-state index contributed by atoms with van der Waals surface area (Å²) in [5.41, 5.74) is 0. The lowest BCUT2D eigenvalue weighted by Crippen LogP contribution is -2.42. The molecule has 2 fully saturated rings. The maximum Gasteiger partial charge on any atom is 0.224 e. The van der Waals surface area contributed by atoms with E-state index >= 15 is 0 Å². The fourth-order valence-electron chi connectivity index (χ4n) is 3.21. The molecule has 1 N–H and O–H groups in total. The summed E-state index contributed by atoms with van der Waals surface area (Å²) in [6.45, 7) is 5.34. The van der Waals surface area contributed by atoms with Crippen molar-refractivity contribution in [2.45, 2.75) is 57.9 Å². The van der Waals surface area contributed by atoms with Gasteiger partial charge in [-0.2, -0.15) is 0 Å². The van der Waals surface area contributed by atoms with Crippen molar-refractivity contribution in [3.63, 3.8) is 0 Å². The number of nitrogens with zero attached hydrogens (tertiary/aromatic N) is 1. The van der Waals surface area contributed by atoms with Gasteiger partial charge in [0, 0.05) is 25.6 Å². The SMILES string of the molecule is CCCC1CCCN(C(=O)CC2CCCN2)C1.Cl. The van der Waals surface area contributed by atoms with Crippen LogP contribution in [0.2, 0.25) is 0 Å². The van der Waals surface area contributed by atoms with Crippen LogP contribution in [0.15, 0.2) is 0 Å². The van der Waals surface area contributed by atoms with Gasteiger partial charge in [-0.1, -0.05) is 13.3 Å². The maximum absolute atomic E-state index is 12.2. The molecule has 2 heterocycles. The molecule has 2 aliphatic rings. The highest BCUT2D eigenvalue weighted by atomic mass is 35.5. The molecule has 0 bridgehead atoms. The summed E-state index contributed by atoms with van der Waals surface area (Å²) in [6.07, 6.45) is 8.18. The molecule has 0 radical (unpaired) electrons. The Kier molecular flexibility index (Phi) is 7.02. The predicted octanol–water partition coefficient (Wildman–Crippen LogP) is 2.59. The van der Waals surface area contributed by atoms with Gasteiger partial charge in [-0.15, -0.1) is 12.4 Å². The molecule has 1 amide bonds. The number of likely N-dealkylation sites (tertiary alicyclic amines) is 1. The number of piperidine rings is 1. The maximum atomic E-state index is 12.2. The molecule has 0 aromatic rings. The highest BCUT2D eigenvalue weighted by Gasteiger charge is 2.25. The van der Waals surface area contributed by atoms with Gasteiger partial charge in [0.05, 0.1) is 0 Å². The first-order valence-corrected chi connectivity index (χ1v) is 7.30. The minimum atomic E-state index is 0. The summed E-state index contributed by atoms with van der Waals surface area (Å²) in [4.78, 5) is 14.3. The highest BCUT2D eigenvalue weighted by Crippen LogP contribution is 2.22. The lowest BCUT2D eigenvalue weighted by atomic mass is 9.93. The van der Waals surface area contributed by atoms with Crippen molar-refractivity contribution in [3.05, 3.63) is 0 Å². The van der Waals surface area contributed by atoms with E-state index in [0.717, 1.165) is 32.0 Å². The lowest BCUT2D eigenvalue weighted by molar-refractivity contribution is -0.133. The Morgan fingerprint density at radius 2 is 2.17 bits per heavy atom. The third kappa shape index (κ3) is 4.43. The summed E-state index contributed by atoms with van der Waals surface area (Å²) >= 11 is 0. The van der Waals surface area contributed by atoms with Crippen LogP contribution in [0.4, 0.5) is 0 Å². The Bertz CT molecular complexity index is 252. The third-order valence-electron chi connectivity index (χ3n) is 4.15. The van der Waals surface area contributed by atoms with Crippen LogP contribution in [0.25, 0.3) is 0 Å². The minimum Gasteiger partial charge on any atom is -0.342 e. The van der Waals surface area contributed by atoms with Gasteiger partial charge >= 0.3 is 0 Å². The van der Waals surface area contributed by atoms with Crippen LogP contribution in [0, 0.1) is 5.92 Å². The summed E-state index contributed by atoms with van der Waals surface area (Å²) in [6, 6.07) is 0.453. The van der Waals surface area contributed by atoms with Gasteiger partial charge in [0.2, 0.25) is 5.91 Å². The molecule has 4 heteroatoms. The van der Waals surface area contributed by atoms with Gasteiger partial charge in [-0.3, -0.25) is 4.79 Å². The molecule has 0 spiro atoms. The van der Waals surface area contributed by atoms with Gasteiger partial charge in [0.15, 0.2) is 0 Å². The predicted molar refractivity (Wildman–Crippen MR) is 77.1 cm³/mol. The van der Waals surface area contributed by atoms with E-state index < -0.39 is 0 Å². The zero-order valence-corrected chi connectivity index (χ0v) is 12.3. The quantitative estimate of drug-likeness (QED) is 0.855. The molecule has 0 aliphatic carbocycles. The van der Waals surface area contributed by atoms with Crippen molar-refractivity contribution >= 4 is 18.3 Å². The van der Waals surface area contributed by atoms with Gasteiger partial charge in [-0.05, 0) is 44.6 Å². The van der Waals surface area contributed by atoms with Gasteiger partial charge < -0.3 is 10.2 Å². The van der Waals surface area contributed by atoms with E-state index in [1.54, 1.807) is 0 Å². The Morgan fingerprint density at radius 3 is 2.83 bits per heavy atom. The van der Waals surface area contributed by atoms with Crippen molar-refractivity contribution in [2.75, 3.05) is 19.6 Å². The van der Waals surface area contributed by atoms with Crippen LogP contribution in [0.5, 0.6) is 0 Å². The average Bonchev–Trinajstić information content (AvgIpc) is 2.83. The minimum absolute atomic E-state index is 0. The zero-order chi connectivity index (χ0) is 12.1. The Balaban J connectivity index is 0.00000162. The highest BCUT2D eigenvalue weighted by molar-refractivity contribution is 5.85. The number of hydrogen-bond donors (Lipinski definition) is 1. The number of nitrogens with one attached hydrogen (secondary N) is 1. The number of carbonyl (C=O) groups is 1. The van der Waals surface area contributed by atoms with E-state index in [4.69, 9.17) is 0 Å². The first-order valence-electron chi connectivity index (χ1n) is 7.30. The summed E-state index contributed by atoms with van der Waals surface area (Å²) in [5.74, 6) is 1.14. The zero-order valence-electron chi connectivity index (χ0n) is 11.5. The van der Waals surface area contributed by atoms with Gasteiger partial charge in [0.1, 0.15) is 0 Å². The van der Waals surface area contributed by atoms with Crippen LogP contribution in [-0.4, -0.2) is 36.5 Å². The van der Waals surface area contributed by atoms with Crippen LogP contribution < -0.4 is 5.32 Å². The fraction of sp³-hybridized carbons (Fsp3) is 0.929. The van der Waals surface area contributed by atoms with Crippen LogP contribution >= 0.6 is 12.4 Å². The summed E-state index contributed by atoms with van der Waals surface area (Å²) < 4.78 is 0. The first kappa shape index (κ1) is 15.8. The van der Waals surface area contributed by atoms with E-state index in [1.165, 1.54) is 38.5 Å². The largest absolute Gasteiger partial charge is 0.342 e. The molecular weight excluding hydrogens is 248 g/mol. The molecule has 2 rings (SSSR count). The van der Waals surface area contributed by atoms with E-state index in [1.807, 2.05) is 0 Å². The molecule has 18 heavy (non-hydrogen) atoms. The standard InChI is InChI=1S/C14H26N2O.ClH/c1-2-5-12-6-4-9-16(11-12)14(17)10-13-7-3-8-15-13;/h12-13,15H,2-11H2,1H3;1H. The summed E-state index contributed by atoms with van der Waals surface area (Å²) in [7, 11) is 0. The number of halogens is 1. The van der Waals surface area contributed by atoms with Crippen molar-refractivity contribution in [2.24, 2.45) is 5.92 Å².